The molecule has 0 unspecified atom stereocenters. The van der Waals surface area contributed by atoms with E-state index in [1.807, 2.05) is 60.7 Å². The molecule has 0 radical (unpaired) electrons. The summed E-state index contributed by atoms with van der Waals surface area (Å²) in [4.78, 5) is 13.8. The van der Waals surface area contributed by atoms with Crippen molar-refractivity contribution < 1.29 is 0 Å². The lowest BCUT2D eigenvalue weighted by molar-refractivity contribution is 1.22. The molecule has 3 aromatic heterocycles. The molecule has 0 saturated heterocycles. The van der Waals surface area contributed by atoms with Crippen LogP contribution in [0.25, 0.3) is 45.0 Å². The van der Waals surface area contributed by atoms with Crippen LogP contribution in [0.2, 0.25) is 0 Å². The molecule has 0 amide bonds. The van der Waals surface area contributed by atoms with Crippen LogP contribution >= 0.6 is 0 Å². The molecule has 2 N–H and O–H groups in total. The third-order valence-electron chi connectivity index (χ3n) is 5.14. The quantitative estimate of drug-likeness (QED) is 0.369. The van der Waals surface area contributed by atoms with Crippen molar-refractivity contribution in [3.05, 3.63) is 109 Å². The SMILES string of the molecule is Nc1ccc(-c2ccc(-c3cc(-c4ccccn4)nc(-c4ccccn4)c3)cc2)cc1. The zero-order valence-corrected chi connectivity index (χ0v) is 16.8. The zero-order chi connectivity index (χ0) is 21.0. The average molecular weight is 400 g/mol. The molecule has 0 aliphatic heterocycles. The lowest BCUT2D eigenvalue weighted by Crippen LogP contribution is -1.93. The van der Waals surface area contributed by atoms with Crippen molar-refractivity contribution in [2.45, 2.75) is 0 Å². The standard InChI is InChI=1S/C27H20N4/c28-23-13-11-20(12-14-23)19-7-9-21(10-8-19)22-17-26(24-5-1-3-15-29-24)31-27(18-22)25-6-2-4-16-30-25/h1-18H,28H2. The maximum atomic E-state index is 5.81. The maximum Gasteiger partial charge on any atom is 0.0900 e. The molecule has 0 aliphatic carbocycles. The molecule has 5 rings (SSSR count). The number of hydrogen-bond acceptors (Lipinski definition) is 4. The lowest BCUT2D eigenvalue weighted by Gasteiger charge is -2.10. The molecule has 0 spiro atoms. The molecule has 0 atom stereocenters. The van der Waals surface area contributed by atoms with Gasteiger partial charge in [-0.3, -0.25) is 9.97 Å². The second-order valence-electron chi connectivity index (χ2n) is 7.26. The summed E-state index contributed by atoms with van der Waals surface area (Å²) in [5.74, 6) is 0. The molecule has 31 heavy (non-hydrogen) atoms. The topological polar surface area (TPSA) is 64.7 Å². The van der Waals surface area contributed by atoms with Crippen molar-refractivity contribution in [2.24, 2.45) is 0 Å². The summed E-state index contributed by atoms with van der Waals surface area (Å²) >= 11 is 0. The molecule has 2 aromatic carbocycles. The molecular formula is C27H20N4. The second-order valence-corrected chi connectivity index (χ2v) is 7.26. The zero-order valence-electron chi connectivity index (χ0n) is 16.8. The summed E-state index contributed by atoms with van der Waals surface area (Å²) in [6.07, 6.45) is 3.57. The highest BCUT2D eigenvalue weighted by molar-refractivity contribution is 5.76. The Morgan fingerprint density at radius 3 is 1.35 bits per heavy atom. The Kier molecular flexibility index (Phi) is 4.95. The van der Waals surface area contributed by atoms with Gasteiger partial charge in [-0.15, -0.1) is 0 Å². The summed E-state index contributed by atoms with van der Waals surface area (Å²) in [6.45, 7) is 0. The van der Waals surface area contributed by atoms with Gasteiger partial charge in [0.2, 0.25) is 0 Å². The van der Waals surface area contributed by atoms with Gasteiger partial charge in [0.15, 0.2) is 0 Å². The van der Waals surface area contributed by atoms with Gasteiger partial charge < -0.3 is 5.73 Å². The first-order valence-electron chi connectivity index (χ1n) is 10.1. The Morgan fingerprint density at radius 1 is 0.452 bits per heavy atom. The van der Waals surface area contributed by atoms with Crippen LogP contribution in [0.1, 0.15) is 0 Å². The van der Waals surface area contributed by atoms with E-state index in [1.54, 1.807) is 12.4 Å². The van der Waals surface area contributed by atoms with E-state index >= 15 is 0 Å². The van der Waals surface area contributed by atoms with Gasteiger partial charge in [-0.25, -0.2) is 4.98 Å². The summed E-state index contributed by atoms with van der Waals surface area (Å²) < 4.78 is 0. The van der Waals surface area contributed by atoms with Gasteiger partial charge in [0.1, 0.15) is 0 Å². The van der Waals surface area contributed by atoms with Crippen LogP contribution in [0.15, 0.2) is 109 Å². The first-order chi connectivity index (χ1) is 15.3. The van der Waals surface area contributed by atoms with Gasteiger partial charge in [0.05, 0.1) is 22.8 Å². The van der Waals surface area contributed by atoms with Crippen LogP contribution in [0.3, 0.4) is 0 Å². The summed E-state index contributed by atoms with van der Waals surface area (Å²) in [5, 5.41) is 0. The Morgan fingerprint density at radius 2 is 0.903 bits per heavy atom. The van der Waals surface area contributed by atoms with Crippen LogP contribution in [0, 0.1) is 0 Å². The Labute approximate surface area is 181 Å². The lowest BCUT2D eigenvalue weighted by atomic mass is 9.99. The minimum Gasteiger partial charge on any atom is -0.399 e. The molecule has 5 aromatic rings. The predicted molar refractivity (Wildman–Crippen MR) is 126 cm³/mol. The van der Waals surface area contributed by atoms with E-state index in [4.69, 9.17) is 10.7 Å². The van der Waals surface area contributed by atoms with Crippen LogP contribution < -0.4 is 5.73 Å². The van der Waals surface area contributed by atoms with Gasteiger partial charge in [0.25, 0.3) is 0 Å². The smallest absolute Gasteiger partial charge is 0.0900 e. The van der Waals surface area contributed by atoms with E-state index in [1.165, 1.54) is 0 Å². The van der Waals surface area contributed by atoms with Crippen molar-refractivity contribution >= 4 is 5.69 Å². The van der Waals surface area contributed by atoms with Crippen molar-refractivity contribution in [2.75, 3.05) is 5.73 Å². The monoisotopic (exact) mass is 400 g/mol. The molecule has 0 aliphatic rings. The van der Waals surface area contributed by atoms with Gasteiger partial charge in [0, 0.05) is 18.1 Å². The van der Waals surface area contributed by atoms with Gasteiger partial charge >= 0.3 is 0 Å². The minimum atomic E-state index is 0.765. The molecule has 0 bridgehead atoms. The number of hydrogen-bond donors (Lipinski definition) is 1. The van der Waals surface area contributed by atoms with Gasteiger partial charge in [-0.05, 0) is 70.8 Å². The number of pyridine rings is 3. The fourth-order valence-corrected chi connectivity index (χ4v) is 3.52. The molecule has 0 saturated carbocycles. The first-order valence-corrected chi connectivity index (χ1v) is 10.1. The summed E-state index contributed by atoms with van der Waals surface area (Å²) in [5.41, 5.74) is 14.3. The highest BCUT2D eigenvalue weighted by Gasteiger charge is 2.10. The van der Waals surface area contributed by atoms with E-state index in [-0.39, 0.29) is 0 Å². The largest absolute Gasteiger partial charge is 0.399 e. The molecule has 4 nitrogen and oxygen atoms in total. The van der Waals surface area contributed by atoms with Crippen molar-refractivity contribution in [3.63, 3.8) is 0 Å². The number of nitrogen functional groups attached to an aromatic ring is 1. The van der Waals surface area contributed by atoms with Crippen molar-refractivity contribution in [3.8, 4) is 45.0 Å². The molecule has 4 heteroatoms. The minimum absolute atomic E-state index is 0.765. The number of nitrogens with zero attached hydrogens (tertiary/aromatic N) is 3. The highest BCUT2D eigenvalue weighted by Crippen LogP contribution is 2.30. The number of benzene rings is 2. The van der Waals surface area contributed by atoms with Crippen molar-refractivity contribution in [1.29, 1.82) is 0 Å². The molecule has 148 valence electrons. The Balaban J connectivity index is 1.58. The van der Waals surface area contributed by atoms with Crippen LogP contribution in [-0.4, -0.2) is 15.0 Å². The number of nitrogens with two attached hydrogens (primary N) is 1. The fraction of sp³-hybridized carbons (Fsp3) is 0. The molecule has 0 fully saturated rings. The summed E-state index contributed by atoms with van der Waals surface area (Å²) in [6, 6.07) is 32.3. The first kappa shape index (κ1) is 18.7. The third kappa shape index (κ3) is 4.05. The normalized spacial score (nSPS) is 10.7. The number of anilines is 1. The van der Waals surface area contributed by atoms with Crippen LogP contribution in [0.4, 0.5) is 5.69 Å². The molecular weight excluding hydrogens is 380 g/mol. The van der Waals surface area contributed by atoms with Crippen LogP contribution in [-0.2, 0) is 0 Å². The van der Waals surface area contributed by atoms with E-state index in [9.17, 15) is 0 Å². The van der Waals surface area contributed by atoms with Crippen molar-refractivity contribution in [1.82, 2.24) is 15.0 Å². The highest BCUT2D eigenvalue weighted by atomic mass is 14.8. The Hall–Kier alpha value is -4.31. The second kappa shape index (κ2) is 8.20. The number of aromatic nitrogens is 3. The van der Waals surface area contributed by atoms with Crippen LogP contribution in [0.5, 0.6) is 0 Å². The Bertz CT molecular complexity index is 1240. The average Bonchev–Trinajstić information content (AvgIpc) is 2.85. The number of rotatable bonds is 4. The molecule has 3 heterocycles. The van der Waals surface area contributed by atoms with E-state index < -0.39 is 0 Å². The van der Waals surface area contributed by atoms with E-state index in [0.717, 1.165) is 50.7 Å². The van der Waals surface area contributed by atoms with E-state index in [2.05, 4.69) is 46.4 Å². The fourth-order valence-electron chi connectivity index (χ4n) is 3.52. The van der Waals surface area contributed by atoms with Gasteiger partial charge in [-0.2, -0.15) is 0 Å². The van der Waals surface area contributed by atoms with Gasteiger partial charge in [-0.1, -0.05) is 48.5 Å². The van der Waals surface area contributed by atoms with E-state index in [0.29, 0.717) is 0 Å². The summed E-state index contributed by atoms with van der Waals surface area (Å²) in [7, 11) is 0. The third-order valence-corrected chi connectivity index (χ3v) is 5.14. The maximum absolute atomic E-state index is 5.81. The predicted octanol–water partition coefficient (Wildman–Crippen LogP) is 6.12.